The molecule has 0 radical (unpaired) electrons. The Morgan fingerprint density at radius 1 is 1.56 bits per heavy atom. The first-order chi connectivity index (χ1) is 7.50. The molecular formula is C10H22N2O3S. The molecule has 0 aromatic heterocycles. The van der Waals surface area contributed by atoms with E-state index in [0.29, 0.717) is 24.7 Å². The second-order valence-electron chi connectivity index (χ2n) is 4.61. The van der Waals surface area contributed by atoms with E-state index in [1.54, 1.807) is 7.11 Å². The number of rotatable bonds is 6. The Hall–Kier alpha value is -0.170. The third-order valence-corrected chi connectivity index (χ3v) is 5.15. The Bertz CT molecular complexity index is 305. The van der Waals surface area contributed by atoms with E-state index < -0.39 is 9.84 Å². The van der Waals surface area contributed by atoms with E-state index in [-0.39, 0.29) is 17.7 Å². The van der Waals surface area contributed by atoms with Gasteiger partial charge >= 0.3 is 0 Å². The second kappa shape index (κ2) is 5.95. The first-order valence-corrected chi connectivity index (χ1v) is 7.48. The van der Waals surface area contributed by atoms with Crippen LogP contribution in [-0.2, 0) is 14.6 Å². The minimum Gasteiger partial charge on any atom is -0.385 e. The fourth-order valence-corrected chi connectivity index (χ4v) is 4.21. The van der Waals surface area contributed by atoms with Gasteiger partial charge in [0.1, 0.15) is 0 Å². The molecule has 16 heavy (non-hydrogen) atoms. The van der Waals surface area contributed by atoms with Gasteiger partial charge in [0.2, 0.25) is 0 Å². The first-order valence-electron chi connectivity index (χ1n) is 5.65. The van der Waals surface area contributed by atoms with Crippen LogP contribution in [0.25, 0.3) is 0 Å². The maximum atomic E-state index is 11.4. The van der Waals surface area contributed by atoms with Crippen molar-refractivity contribution >= 4 is 9.84 Å². The quantitative estimate of drug-likeness (QED) is 0.509. The molecule has 0 aromatic rings. The van der Waals surface area contributed by atoms with Gasteiger partial charge in [-0.1, -0.05) is 6.92 Å². The standard InChI is InChI=1S/C10H22N2O3S/c1-8(3-5-15-2)10(12-11)9-4-6-16(13,14)7-9/h8-10,12H,3-7,11H2,1-2H3. The number of sulfone groups is 1. The summed E-state index contributed by atoms with van der Waals surface area (Å²) in [5, 5.41) is 0. The summed E-state index contributed by atoms with van der Waals surface area (Å²) < 4.78 is 27.8. The molecule has 3 atom stereocenters. The zero-order chi connectivity index (χ0) is 12.2. The van der Waals surface area contributed by atoms with Gasteiger partial charge in [0, 0.05) is 19.8 Å². The van der Waals surface area contributed by atoms with Gasteiger partial charge in [0.05, 0.1) is 11.5 Å². The van der Waals surface area contributed by atoms with Crippen LogP contribution in [0.1, 0.15) is 19.8 Å². The van der Waals surface area contributed by atoms with Crippen LogP contribution in [0.2, 0.25) is 0 Å². The van der Waals surface area contributed by atoms with Crippen molar-refractivity contribution in [2.75, 3.05) is 25.2 Å². The highest BCUT2D eigenvalue weighted by Gasteiger charge is 2.35. The van der Waals surface area contributed by atoms with Gasteiger partial charge in [-0.25, -0.2) is 8.42 Å². The van der Waals surface area contributed by atoms with Crippen LogP contribution < -0.4 is 11.3 Å². The van der Waals surface area contributed by atoms with Crippen molar-refractivity contribution < 1.29 is 13.2 Å². The van der Waals surface area contributed by atoms with Gasteiger partial charge < -0.3 is 4.74 Å². The number of hydrazine groups is 1. The molecule has 3 N–H and O–H groups in total. The molecule has 0 spiro atoms. The molecule has 1 saturated heterocycles. The number of nitrogens with two attached hydrogens (primary N) is 1. The van der Waals surface area contributed by atoms with E-state index in [1.807, 2.05) is 0 Å². The number of hydrogen-bond acceptors (Lipinski definition) is 5. The maximum Gasteiger partial charge on any atom is 0.150 e. The molecule has 6 heteroatoms. The van der Waals surface area contributed by atoms with Crippen LogP contribution >= 0.6 is 0 Å². The topological polar surface area (TPSA) is 81.4 Å². The Morgan fingerprint density at radius 3 is 2.69 bits per heavy atom. The third-order valence-electron chi connectivity index (χ3n) is 3.36. The van der Waals surface area contributed by atoms with E-state index in [4.69, 9.17) is 10.6 Å². The van der Waals surface area contributed by atoms with Crippen molar-refractivity contribution in [3.8, 4) is 0 Å². The minimum atomic E-state index is -2.83. The Kier molecular flexibility index (Phi) is 5.17. The average Bonchev–Trinajstić information content (AvgIpc) is 2.57. The van der Waals surface area contributed by atoms with Crippen LogP contribution in [0, 0.1) is 11.8 Å². The van der Waals surface area contributed by atoms with E-state index in [2.05, 4.69) is 12.3 Å². The minimum absolute atomic E-state index is 0.0624. The molecule has 0 aromatic carbocycles. The van der Waals surface area contributed by atoms with Crippen LogP contribution in [0.5, 0.6) is 0 Å². The van der Waals surface area contributed by atoms with E-state index >= 15 is 0 Å². The monoisotopic (exact) mass is 250 g/mol. The fraction of sp³-hybridized carbons (Fsp3) is 1.00. The largest absolute Gasteiger partial charge is 0.385 e. The molecule has 96 valence electrons. The summed E-state index contributed by atoms with van der Waals surface area (Å²) in [5.74, 6) is 6.55. The van der Waals surface area contributed by atoms with Crippen molar-refractivity contribution in [3.63, 3.8) is 0 Å². The lowest BCUT2D eigenvalue weighted by Crippen LogP contribution is -2.46. The van der Waals surface area contributed by atoms with Gasteiger partial charge in [-0.3, -0.25) is 11.3 Å². The zero-order valence-corrected chi connectivity index (χ0v) is 10.8. The van der Waals surface area contributed by atoms with Gasteiger partial charge in [-0.05, 0) is 24.7 Å². The molecule has 1 fully saturated rings. The summed E-state index contributed by atoms with van der Waals surface area (Å²) in [5.41, 5.74) is 2.77. The van der Waals surface area contributed by atoms with E-state index in [9.17, 15) is 8.42 Å². The summed E-state index contributed by atoms with van der Waals surface area (Å²) in [7, 11) is -1.17. The highest BCUT2D eigenvalue weighted by atomic mass is 32.2. The molecule has 3 unspecified atom stereocenters. The van der Waals surface area contributed by atoms with E-state index in [0.717, 1.165) is 6.42 Å². The molecule has 0 saturated carbocycles. The van der Waals surface area contributed by atoms with Gasteiger partial charge in [-0.2, -0.15) is 0 Å². The lowest BCUT2D eigenvalue weighted by molar-refractivity contribution is 0.160. The Morgan fingerprint density at radius 2 is 2.25 bits per heavy atom. The molecule has 5 nitrogen and oxygen atoms in total. The number of nitrogens with one attached hydrogen (secondary N) is 1. The van der Waals surface area contributed by atoms with Crippen molar-refractivity contribution in [1.82, 2.24) is 5.43 Å². The predicted molar refractivity (Wildman–Crippen MR) is 63.5 cm³/mol. The molecular weight excluding hydrogens is 228 g/mol. The van der Waals surface area contributed by atoms with Gasteiger partial charge in [-0.15, -0.1) is 0 Å². The van der Waals surface area contributed by atoms with Crippen molar-refractivity contribution in [2.24, 2.45) is 17.7 Å². The fourth-order valence-electron chi connectivity index (χ4n) is 2.36. The Labute approximate surface area is 97.6 Å². The van der Waals surface area contributed by atoms with E-state index in [1.165, 1.54) is 0 Å². The highest BCUT2D eigenvalue weighted by molar-refractivity contribution is 7.91. The zero-order valence-electron chi connectivity index (χ0n) is 9.98. The average molecular weight is 250 g/mol. The third kappa shape index (κ3) is 3.69. The lowest BCUT2D eigenvalue weighted by atomic mass is 9.87. The second-order valence-corrected chi connectivity index (χ2v) is 6.84. The van der Waals surface area contributed by atoms with Crippen molar-refractivity contribution in [3.05, 3.63) is 0 Å². The summed E-state index contributed by atoms with van der Waals surface area (Å²) in [6.07, 6.45) is 1.61. The molecule has 1 rings (SSSR count). The van der Waals surface area contributed by atoms with Gasteiger partial charge in [0.25, 0.3) is 0 Å². The maximum absolute atomic E-state index is 11.4. The summed E-state index contributed by atoms with van der Waals surface area (Å²) in [6.45, 7) is 2.76. The summed E-state index contributed by atoms with van der Waals surface area (Å²) in [6, 6.07) is 0.0624. The first kappa shape index (κ1) is 13.9. The van der Waals surface area contributed by atoms with Crippen LogP contribution in [0.15, 0.2) is 0 Å². The summed E-state index contributed by atoms with van der Waals surface area (Å²) >= 11 is 0. The Balaban J connectivity index is 2.54. The highest BCUT2D eigenvalue weighted by Crippen LogP contribution is 2.26. The predicted octanol–water partition coefficient (Wildman–Crippen LogP) is -0.0744. The molecule has 1 aliphatic heterocycles. The van der Waals surface area contributed by atoms with Crippen molar-refractivity contribution in [2.45, 2.75) is 25.8 Å². The van der Waals surface area contributed by atoms with Crippen LogP contribution in [0.4, 0.5) is 0 Å². The van der Waals surface area contributed by atoms with Gasteiger partial charge in [0.15, 0.2) is 9.84 Å². The SMILES string of the molecule is COCCC(C)C(NN)C1CCS(=O)(=O)C1. The van der Waals surface area contributed by atoms with Crippen LogP contribution in [-0.4, -0.2) is 39.7 Å². The molecule has 0 aliphatic carbocycles. The molecule has 0 amide bonds. The number of ether oxygens (including phenoxy) is 1. The van der Waals surface area contributed by atoms with Crippen LogP contribution in [0.3, 0.4) is 0 Å². The molecule has 0 bridgehead atoms. The van der Waals surface area contributed by atoms with Crippen molar-refractivity contribution in [1.29, 1.82) is 0 Å². The summed E-state index contributed by atoms with van der Waals surface area (Å²) in [4.78, 5) is 0. The normalized spacial score (nSPS) is 27.8. The number of hydrogen-bond donors (Lipinski definition) is 2. The number of methoxy groups -OCH3 is 1. The smallest absolute Gasteiger partial charge is 0.150 e. The molecule has 1 heterocycles. The lowest BCUT2D eigenvalue weighted by Gasteiger charge is -2.27. The molecule has 1 aliphatic rings.